The molecule has 0 bridgehead atoms. The highest BCUT2D eigenvalue weighted by molar-refractivity contribution is 6.30. The topological polar surface area (TPSA) is 65.1 Å². The maximum Gasteiger partial charge on any atom is 0.328 e. The molecule has 1 saturated heterocycles. The third-order valence-electron chi connectivity index (χ3n) is 4.83. The van der Waals surface area contributed by atoms with Crippen LogP contribution in [0, 0.1) is 5.82 Å². The first-order valence-corrected chi connectivity index (χ1v) is 9.83. The number of benzene rings is 2. The Balaban J connectivity index is 1.78. The van der Waals surface area contributed by atoms with Crippen molar-refractivity contribution in [1.29, 1.82) is 0 Å². The Morgan fingerprint density at radius 3 is 2.43 bits per heavy atom. The highest BCUT2D eigenvalue weighted by Crippen LogP contribution is 2.29. The molecular formula is C22H23ClFNO5. The summed E-state index contributed by atoms with van der Waals surface area (Å²) in [5.41, 5.74) is -1.27. The van der Waals surface area contributed by atoms with Crippen LogP contribution in [-0.2, 0) is 14.3 Å². The summed E-state index contributed by atoms with van der Waals surface area (Å²) in [5, 5.41) is 0.546. The number of carbonyl (C=O) groups is 2. The van der Waals surface area contributed by atoms with E-state index in [4.69, 9.17) is 25.8 Å². The molecule has 0 aromatic heterocycles. The lowest BCUT2D eigenvalue weighted by Crippen LogP contribution is -2.52. The summed E-state index contributed by atoms with van der Waals surface area (Å²) in [6.45, 7) is 3.33. The number of ether oxygens (including phenoxy) is 3. The molecule has 6 nitrogen and oxygen atoms in total. The zero-order chi connectivity index (χ0) is 21.9. The highest BCUT2D eigenvalue weighted by Gasteiger charge is 2.46. The van der Waals surface area contributed by atoms with Gasteiger partial charge in [-0.2, -0.15) is 0 Å². The average molecular weight is 436 g/mol. The molecule has 1 aliphatic heterocycles. The van der Waals surface area contributed by atoms with Crippen molar-refractivity contribution in [3.8, 4) is 11.5 Å². The molecule has 0 saturated carbocycles. The molecule has 0 aliphatic carbocycles. The molecule has 30 heavy (non-hydrogen) atoms. The number of hydrogen-bond acceptors (Lipinski definition) is 5. The Bertz CT molecular complexity index is 918. The lowest BCUT2D eigenvalue weighted by molar-refractivity contribution is -0.156. The van der Waals surface area contributed by atoms with E-state index in [1.807, 2.05) is 0 Å². The molecule has 3 rings (SSSR count). The third kappa shape index (κ3) is 4.84. The molecule has 160 valence electrons. The second-order valence-corrected chi connectivity index (χ2v) is 7.91. The number of halogens is 2. The van der Waals surface area contributed by atoms with Gasteiger partial charge in [0.1, 0.15) is 17.9 Å². The molecule has 2 aromatic rings. The maximum absolute atomic E-state index is 14.0. The van der Waals surface area contributed by atoms with Gasteiger partial charge in [0, 0.05) is 11.4 Å². The first-order valence-electron chi connectivity index (χ1n) is 9.46. The van der Waals surface area contributed by atoms with Crippen LogP contribution in [0.4, 0.5) is 4.39 Å². The van der Waals surface area contributed by atoms with E-state index in [2.05, 4.69) is 0 Å². The first-order chi connectivity index (χ1) is 14.2. The van der Waals surface area contributed by atoms with Gasteiger partial charge in [-0.3, -0.25) is 4.79 Å². The number of carbonyl (C=O) groups excluding carboxylic acids is 2. The third-order valence-corrected chi connectivity index (χ3v) is 5.08. The smallest absolute Gasteiger partial charge is 0.328 e. The van der Waals surface area contributed by atoms with Crippen LogP contribution in [0.1, 0.15) is 20.3 Å². The van der Waals surface area contributed by atoms with Gasteiger partial charge in [0.2, 0.25) is 0 Å². The largest absolute Gasteiger partial charge is 0.485 e. The molecular weight excluding hydrogens is 413 g/mol. The van der Waals surface area contributed by atoms with E-state index >= 15 is 0 Å². The quantitative estimate of drug-likeness (QED) is 0.645. The van der Waals surface area contributed by atoms with Crippen molar-refractivity contribution in [2.24, 2.45) is 0 Å². The minimum Gasteiger partial charge on any atom is -0.485 e. The summed E-state index contributed by atoms with van der Waals surface area (Å²) >= 11 is 5.89. The number of hydrogen-bond donors (Lipinski definition) is 0. The van der Waals surface area contributed by atoms with Crippen LogP contribution in [0.2, 0.25) is 5.02 Å². The molecule has 2 aromatic carbocycles. The molecule has 1 aliphatic rings. The van der Waals surface area contributed by atoms with Gasteiger partial charge < -0.3 is 19.1 Å². The lowest BCUT2D eigenvalue weighted by atomic mass is 10.1. The molecule has 1 heterocycles. The molecule has 8 heteroatoms. The molecule has 0 N–H and O–H groups in total. The molecule has 0 spiro atoms. The van der Waals surface area contributed by atoms with Crippen LogP contribution in [0.15, 0.2) is 48.5 Å². The zero-order valence-electron chi connectivity index (χ0n) is 16.9. The van der Waals surface area contributed by atoms with Gasteiger partial charge in [0.15, 0.2) is 17.2 Å². The van der Waals surface area contributed by atoms with E-state index in [9.17, 15) is 14.0 Å². The monoisotopic (exact) mass is 435 g/mol. The van der Waals surface area contributed by atoms with E-state index in [1.54, 1.807) is 50.2 Å². The summed E-state index contributed by atoms with van der Waals surface area (Å²) < 4.78 is 30.4. The summed E-state index contributed by atoms with van der Waals surface area (Å²) in [7, 11) is 1.26. The second kappa shape index (κ2) is 8.92. The number of rotatable bonds is 6. The zero-order valence-corrected chi connectivity index (χ0v) is 17.7. The van der Waals surface area contributed by atoms with Crippen LogP contribution in [0.5, 0.6) is 11.5 Å². The minimum atomic E-state index is -1.27. The fourth-order valence-corrected chi connectivity index (χ4v) is 3.50. The Kier molecular flexibility index (Phi) is 6.51. The summed E-state index contributed by atoms with van der Waals surface area (Å²) in [5.74, 6) is -0.955. The Morgan fingerprint density at radius 2 is 1.80 bits per heavy atom. The number of methoxy groups -OCH3 is 1. The predicted molar refractivity (Wildman–Crippen MR) is 109 cm³/mol. The van der Waals surface area contributed by atoms with E-state index < -0.39 is 35.4 Å². The van der Waals surface area contributed by atoms with Crippen molar-refractivity contribution in [3.05, 3.63) is 59.4 Å². The molecule has 0 radical (unpaired) electrons. The van der Waals surface area contributed by atoms with Crippen molar-refractivity contribution in [2.45, 2.75) is 38.0 Å². The summed E-state index contributed by atoms with van der Waals surface area (Å²) in [4.78, 5) is 27.0. The van der Waals surface area contributed by atoms with Crippen LogP contribution in [-0.4, -0.2) is 48.2 Å². The van der Waals surface area contributed by atoms with E-state index in [0.717, 1.165) is 0 Å². The Morgan fingerprint density at radius 1 is 1.13 bits per heavy atom. The van der Waals surface area contributed by atoms with E-state index in [-0.39, 0.29) is 18.7 Å². The van der Waals surface area contributed by atoms with Crippen molar-refractivity contribution < 1.29 is 28.2 Å². The van der Waals surface area contributed by atoms with Crippen LogP contribution >= 0.6 is 11.6 Å². The fraction of sp³-hybridized carbons (Fsp3) is 0.364. The van der Waals surface area contributed by atoms with Crippen LogP contribution < -0.4 is 9.47 Å². The van der Waals surface area contributed by atoms with Gasteiger partial charge in [0.25, 0.3) is 5.91 Å². The molecule has 2 atom stereocenters. The van der Waals surface area contributed by atoms with E-state index in [0.29, 0.717) is 10.8 Å². The predicted octanol–water partition coefficient (Wildman–Crippen LogP) is 3.86. The van der Waals surface area contributed by atoms with Gasteiger partial charge in [-0.25, -0.2) is 9.18 Å². The van der Waals surface area contributed by atoms with Gasteiger partial charge in [-0.1, -0.05) is 23.7 Å². The summed E-state index contributed by atoms with van der Waals surface area (Å²) in [6.07, 6.45) is -0.384. The molecule has 2 unspecified atom stereocenters. The van der Waals surface area contributed by atoms with Crippen LogP contribution in [0.25, 0.3) is 0 Å². The highest BCUT2D eigenvalue weighted by atomic mass is 35.5. The van der Waals surface area contributed by atoms with Crippen LogP contribution in [0.3, 0.4) is 0 Å². The number of likely N-dealkylation sites (tertiary alicyclic amines) is 1. The Hall–Kier alpha value is -2.80. The van der Waals surface area contributed by atoms with Crippen molar-refractivity contribution in [2.75, 3.05) is 13.7 Å². The first kappa shape index (κ1) is 21.9. The molecule has 1 amide bonds. The normalized spacial score (nSPS) is 18.8. The average Bonchev–Trinajstić information content (AvgIpc) is 3.13. The number of nitrogens with zero attached hydrogens (tertiary/aromatic N) is 1. The number of para-hydroxylation sites is 1. The second-order valence-electron chi connectivity index (χ2n) is 7.47. The Labute approximate surface area is 179 Å². The lowest BCUT2D eigenvalue weighted by Gasteiger charge is -2.32. The van der Waals surface area contributed by atoms with Crippen molar-refractivity contribution in [3.63, 3.8) is 0 Å². The maximum atomic E-state index is 14.0. The number of esters is 1. The SMILES string of the molecule is COC(=O)C1CC(Oc2ccccc2F)CN1C(=O)C(C)(C)Oc1ccc(Cl)cc1. The van der Waals surface area contributed by atoms with Gasteiger partial charge in [0.05, 0.1) is 13.7 Å². The van der Waals surface area contributed by atoms with Gasteiger partial charge >= 0.3 is 5.97 Å². The van der Waals surface area contributed by atoms with Gasteiger partial charge in [-0.15, -0.1) is 0 Å². The fourth-order valence-electron chi connectivity index (χ4n) is 3.37. The standard InChI is InChI=1S/C22H23ClFNO5/c1-22(2,30-15-10-8-14(23)9-11-15)21(27)25-13-16(12-18(25)20(26)28-3)29-19-7-5-4-6-17(19)24/h4-11,16,18H,12-13H2,1-3H3. The summed E-state index contributed by atoms with van der Waals surface area (Å²) in [6, 6.07) is 11.8. The number of amides is 1. The molecule has 1 fully saturated rings. The van der Waals surface area contributed by atoms with Crippen molar-refractivity contribution in [1.82, 2.24) is 4.90 Å². The van der Waals surface area contributed by atoms with Crippen molar-refractivity contribution >= 4 is 23.5 Å². The van der Waals surface area contributed by atoms with E-state index in [1.165, 1.54) is 24.1 Å². The van der Waals surface area contributed by atoms with Gasteiger partial charge in [-0.05, 0) is 50.2 Å². The minimum absolute atomic E-state index is 0.0667.